The van der Waals surface area contributed by atoms with Gasteiger partial charge in [-0.15, -0.1) is 6.58 Å². The third-order valence-corrected chi connectivity index (χ3v) is 14.3. The van der Waals surface area contributed by atoms with Crippen LogP contribution in [0.2, 0.25) is 0 Å². The number of fused-ring (bicyclic) bond motifs is 3. The van der Waals surface area contributed by atoms with E-state index in [4.69, 9.17) is 24.2 Å². The molecule has 0 aromatic heterocycles. The summed E-state index contributed by atoms with van der Waals surface area (Å²) in [6.45, 7) is 7.16. The number of aliphatic hydroxyl groups is 2. The lowest BCUT2D eigenvalue weighted by Gasteiger charge is -2.60. The highest BCUT2D eigenvalue weighted by Gasteiger charge is 2.65. The van der Waals surface area contributed by atoms with Crippen LogP contribution in [0.15, 0.2) is 114 Å². The van der Waals surface area contributed by atoms with Gasteiger partial charge in [0.15, 0.2) is 0 Å². The summed E-state index contributed by atoms with van der Waals surface area (Å²) in [7, 11) is 0. The second-order valence-electron chi connectivity index (χ2n) is 18.3. The Balaban J connectivity index is 1.33. The highest BCUT2D eigenvalue weighted by Crippen LogP contribution is 2.62. The molecule has 10 heteroatoms. The minimum atomic E-state index is -1.37. The van der Waals surface area contributed by atoms with E-state index in [-0.39, 0.29) is 43.5 Å². The molecule has 1 aliphatic heterocycles. The number of hydrogen-bond donors (Lipinski definition) is 2. The predicted molar refractivity (Wildman–Crippen MR) is 254 cm³/mol. The number of benzene rings is 4. The van der Waals surface area contributed by atoms with Gasteiger partial charge in [-0.2, -0.15) is 0 Å². The Morgan fingerprint density at radius 2 is 1.69 bits per heavy atom. The zero-order valence-corrected chi connectivity index (χ0v) is 38.0. The molecule has 4 aromatic carbocycles. The number of allylic oxidation sites excluding steroid dienone is 1. The number of amides is 1. The standard InChI is InChI=1S/C55H66N2O8/c1-3-31-62-55-51(57(52(61)28-25-38-15-5-6-16-38)36-42-21-14-20-40-18-7-8-23-45(40)42)35-49(56-63-4-2)47-33-41(19-9-11-29-58)46(24-10-12-30-59)53(54(47)55)48-34-44(26-27-50(48)65-55)64-43-22-13-17-39(32-43)37-60/h3,7-8,13-14,17-18,20-23,26-27,32-34,37-38,41,46,51,53-54,58-59H,1,4-6,9-12,15-16,19,24-25,28-31,35-36H2,2H3. The number of carbonyl (C=O) groups excluding carboxylic acids is 2. The smallest absolute Gasteiger partial charge is 0.239 e. The molecule has 8 rings (SSSR count). The topological polar surface area (TPSA) is 127 Å². The number of rotatable bonds is 22. The lowest BCUT2D eigenvalue weighted by Crippen LogP contribution is -2.70. The molecule has 0 bridgehead atoms. The van der Waals surface area contributed by atoms with Gasteiger partial charge < -0.3 is 34.2 Å². The van der Waals surface area contributed by atoms with E-state index in [0.717, 1.165) is 84.4 Å². The molecule has 2 fully saturated rings. The number of aliphatic hydroxyl groups excluding tert-OH is 2. The van der Waals surface area contributed by atoms with Crippen LogP contribution in [0.4, 0.5) is 0 Å². The fourth-order valence-electron chi connectivity index (χ4n) is 11.4. The first kappa shape index (κ1) is 46.2. The summed E-state index contributed by atoms with van der Waals surface area (Å²) in [6.07, 6.45) is 15.9. The molecule has 4 aromatic rings. The zero-order chi connectivity index (χ0) is 45.2. The predicted octanol–water partition coefficient (Wildman–Crippen LogP) is 11.1. The summed E-state index contributed by atoms with van der Waals surface area (Å²) in [5.74, 6) is 0.543. The van der Waals surface area contributed by atoms with Crippen molar-refractivity contribution in [3.05, 3.63) is 126 Å². The van der Waals surface area contributed by atoms with Gasteiger partial charge in [0, 0.05) is 49.6 Å². The highest BCUT2D eigenvalue weighted by atomic mass is 16.7. The van der Waals surface area contributed by atoms with Gasteiger partial charge in [0.25, 0.3) is 0 Å². The van der Waals surface area contributed by atoms with Crippen LogP contribution < -0.4 is 9.47 Å². The van der Waals surface area contributed by atoms with Crippen molar-refractivity contribution in [2.75, 3.05) is 26.4 Å². The first-order chi connectivity index (χ1) is 31.9. The van der Waals surface area contributed by atoms with Crippen LogP contribution in [0.1, 0.15) is 118 Å². The second kappa shape index (κ2) is 21.8. The number of carbonyl (C=O) groups is 2. The summed E-state index contributed by atoms with van der Waals surface area (Å²) < 4.78 is 21.3. The SMILES string of the molecule is C=CCOC12Oc3ccc(Oc4cccc(C=O)c4)cc3C3C(CCCCO)C(CCCCO)C=C(C(=NOCC)CC1N(Cc1cccc4ccccc14)C(=O)CCC1CCCC1)C32. The molecule has 6 atom stereocenters. The van der Waals surface area contributed by atoms with E-state index in [9.17, 15) is 15.0 Å². The fraction of sp³-hybridized carbons (Fsp3) is 0.473. The van der Waals surface area contributed by atoms with Crippen LogP contribution >= 0.6 is 0 Å². The molecule has 3 aliphatic carbocycles. The lowest BCUT2D eigenvalue weighted by atomic mass is 9.55. The van der Waals surface area contributed by atoms with Gasteiger partial charge in [-0.1, -0.05) is 110 Å². The van der Waals surface area contributed by atoms with Gasteiger partial charge in [0.1, 0.15) is 36.2 Å². The second-order valence-corrected chi connectivity index (χ2v) is 18.3. The van der Waals surface area contributed by atoms with E-state index in [1.54, 1.807) is 24.3 Å². The summed E-state index contributed by atoms with van der Waals surface area (Å²) in [5.41, 5.74) is 4.30. The Hall–Kier alpha value is -5.29. The molecule has 4 aliphatic rings. The van der Waals surface area contributed by atoms with Gasteiger partial charge in [-0.25, -0.2) is 0 Å². The van der Waals surface area contributed by atoms with Crippen molar-refractivity contribution >= 4 is 28.7 Å². The zero-order valence-electron chi connectivity index (χ0n) is 38.0. The molecule has 0 saturated heterocycles. The van der Waals surface area contributed by atoms with Crippen LogP contribution in [-0.4, -0.2) is 71.3 Å². The van der Waals surface area contributed by atoms with Crippen molar-refractivity contribution in [1.82, 2.24) is 4.90 Å². The highest BCUT2D eigenvalue weighted by molar-refractivity contribution is 6.03. The summed E-state index contributed by atoms with van der Waals surface area (Å²) >= 11 is 0. The van der Waals surface area contributed by atoms with Gasteiger partial charge >= 0.3 is 0 Å². The molecule has 6 unspecified atom stereocenters. The Morgan fingerprint density at radius 3 is 2.48 bits per heavy atom. The van der Waals surface area contributed by atoms with Crippen molar-refractivity contribution in [3.8, 4) is 17.2 Å². The number of hydrogen-bond acceptors (Lipinski definition) is 9. The molecule has 0 radical (unpaired) electrons. The molecule has 344 valence electrons. The molecular weight excluding hydrogens is 817 g/mol. The van der Waals surface area contributed by atoms with Gasteiger partial charge in [0.05, 0.1) is 18.2 Å². The molecule has 2 saturated carbocycles. The van der Waals surface area contributed by atoms with Gasteiger partial charge in [0.2, 0.25) is 11.7 Å². The Bertz CT molecular complexity index is 2330. The first-order valence-electron chi connectivity index (χ1n) is 24.1. The molecule has 10 nitrogen and oxygen atoms in total. The fourth-order valence-corrected chi connectivity index (χ4v) is 11.4. The normalized spacial score (nSPS) is 24.1. The largest absolute Gasteiger partial charge is 0.459 e. The van der Waals surface area contributed by atoms with Crippen molar-refractivity contribution in [2.45, 2.75) is 115 Å². The lowest BCUT2D eigenvalue weighted by molar-refractivity contribution is -0.258. The average Bonchev–Trinajstić information content (AvgIpc) is 3.86. The monoisotopic (exact) mass is 882 g/mol. The van der Waals surface area contributed by atoms with E-state index in [0.29, 0.717) is 67.6 Å². The maximum absolute atomic E-state index is 15.4. The summed E-state index contributed by atoms with van der Waals surface area (Å²) in [4.78, 5) is 35.1. The molecule has 1 heterocycles. The molecule has 1 amide bonds. The van der Waals surface area contributed by atoms with E-state index in [2.05, 4.69) is 55.1 Å². The van der Waals surface area contributed by atoms with Crippen molar-refractivity contribution in [1.29, 1.82) is 0 Å². The maximum atomic E-state index is 15.4. The minimum Gasteiger partial charge on any atom is -0.459 e. The van der Waals surface area contributed by atoms with Crippen molar-refractivity contribution < 1.29 is 38.9 Å². The van der Waals surface area contributed by atoms with Gasteiger partial charge in [-0.3, -0.25) is 9.59 Å². The maximum Gasteiger partial charge on any atom is 0.239 e. The van der Waals surface area contributed by atoms with E-state index in [1.165, 1.54) is 12.8 Å². The molecule has 2 N–H and O–H groups in total. The van der Waals surface area contributed by atoms with Crippen LogP contribution in [0.3, 0.4) is 0 Å². The molecular formula is C55H66N2O8. The van der Waals surface area contributed by atoms with E-state index in [1.807, 2.05) is 36.1 Å². The van der Waals surface area contributed by atoms with Crippen molar-refractivity contribution in [3.63, 3.8) is 0 Å². The number of unbranched alkanes of at least 4 members (excludes halogenated alkanes) is 2. The Labute approximate surface area is 384 Å². The summed E-state index contributed by atoms with van der Waals surface area (Å²) in [6, 6.07) is 27.1. The third kappa shape index (κ3) is 10.1. The molecule has 0 spiro atoms. The van der Waals surface area contributed by atoms with Gasteiger partial charge in [-0.05, 0) is 109 Å². The van der Waals surface area contributed by atoms with E-state index >= 15 is 4.79 Å². The van der Waals surface area contributed by atoms with Crippen LogP contribution in [0.5, 0.6) is 17.2 Å². The first-order valence-corrected chi connectivity index (χ1v) is 24.1. The minimum absolute atomic E-state index is 0.0593. The average molecular weight is 883 g/mol. The van der Waals surface area contributed by atoms with Crippen LogP contribution in [-0.2, 0) is 20.9 Å². The van der Waals surface area contributed by atoms with Crippen LogP contribution in [0.25, 0.3) is 10.8 Å². The van der Waals surface area contributed by atoms with Crippen LogP contribution in [0, 0.1) is 23.7 Å². The summed E-state index contributed by atoms with van der Waals surface area (Å²) in [5, 5.41) is 27.1. The third-order valence-electron chi connectivity index (χ3n) is 14.3. The number of nitrogens with zero attached hydrogens (tertiary/aromatic N) is 2. The van der Waals surface area contributed by atoms with E-state index < -0.39 is 17.7 Å². The number of oxime groups is 1. The number of ether oxygens (including phenoxy) is 3. The Morgan fingerprint density at radius 1 is 0.923 bits per heavy atom. The Kier molecular flexibility index (Phi) is 15.5. The quantitative estimate of drug-likeness (QED) is 0.0346. The number of aldehydes is 1. The molecule has 65 heavy (non-hydrogen) atoms. The van der Waals surface area contributed by atoms with Crippen molar-refractivity contribution in [2.24, 2.45) is 28.8 Å².